The minimum Gasteiger partial charge on any atom is -0.497 e. The van der Waals surface area contributed by atoms with E-state index in [9.17, 15) is 19.5 Å². The second-order valence-electron chi connectivity index (χ2n) is 12.2. The molecular weight excluding hydrogens is 552 g/mol. The SMILES string of the molecule is C=CCCCCOC(=O)[C@@H]1[C@@H]2CC(C)C3(S2)C(C(=O)N(CC=C)c2ccc(OC)cc2)N([C@@H](CO)CC(C)C)C(=O)[C@H]13. The van der Waals surface area contributed by atoms with Gasteiger partial charge in [0.25, 0.3) is 5.91 Å². The Hall–Kier alpha value is -2.78. The Kier molecular flexibility index (Phi) is 10.5. The maximum atomic E-state index is 14.8. The van der Waals surface area contributed by atoms with Crippen molar-refractivity contribution in [1.82, 2.24) is 4.90 Å². The number of methoxy groups -OCH3 is 1. The van der Waals surface area contributed by atoms with Crippen molar-refractivity contribution in [1.29, 1.82) is 0 Å². The number of benzene rings is 1. The van der Waals surface area contributed by atoms with Gasteiger partial charge in [-0.1, -0.05) is 32.9 Å². The summed E-state index contributed by atoms with van der Waals surface area (Å²) in [7, 11) is 1.59. The smallest absolute Gasteiger partial charge is 0.310 e. The van der Waals surface area contributed by atoms with E-state index in [4.69, 9.17) is 9.47 Å². The number of anilines is 1. The molecule has 3 saturated heterocycles. The fourth-order valence-corrected chi connectivity index (χ4v) is 9.63. The van der Waals surface area contributed by atoms with Crippen molar-refractivity contribution in [2.75, 3.05) is 31.8 Å². The molecule has 0 aliphatic carbocycles. The van der Waals surface area contributed by atoms with Gasteiger partial charge in [0.2, 0.25) is 5.91 Å². The van der Waals surface area contributed by atoms with Crippen LogP contribution in [0.15, 0.2) is 49.6 Å². The molecule has 8 nitrogen and oxygen atoms in total. The average molecular weight is 599 g/mol. The van der Waals surface area contributed by atoms with Gasteiger partial charge in [0.15, 0.2) is 0 Å². The van der Waals surface area contributed by atoms with Crippen LogP contribution >= 0.6 is 11.8 Å². The van der Waals surface area contributed by atoms with Gasteiger partial charge in [-0.2, -0.15) is 0 Å². The van der Waals surface area contributed by atoms with E-state index >= 15 is 0 Å². The lowest BCUT2D eigenvalue weighted by Gasteiger charge is -2.42. The topological polar surface area (TPSA) is 96.4 Å². The lowest BCUT2D eigenvalue weighted by atomic mass is 9.66. The highest BCUT2D eigenvalue weighted by Crippen LogP contribution is 2.69. The minimum atomic E-state index is -0.844. The first kappa shape index (κ1) is 32.1. The Balaban J connectivity index is 1.75. The number of fused-ring (bicyclic) bond motifs is 1. The molecule has 3 heterocycles. The molecule has 0 aromatic heterocycles. The Morgan fingerprint density at radius 1 is 1.21 bits per heavy atom. The number of nitrogens with zero attached hydrogens (tertiary/aromatic N) is 2. The van der Waals surface area contributed by atoms with Crippen LogP contribution in [0.1, 0.15) is 52.9 Å². The van der Waals surface area contributed by atoms with E-state index < -0.39 is 28.7 Å². The van der Waals surface area contributed by atoms with Crippen LogP contribution in [0.4, 0.5) is 5.69 Å². The third-order valence-electron chi connectivity index (χ3n) is 9.05. The Morgan fingerprint density at radius 3 is 2.52 bits per heavy atom. The van der Waals surface area contributed by atoms with Crippen LogP contribution in [-0.2, 0) is 19.1 Å². The zero-order valence-corrected chi connectivity index (χ0v) is 26.2. The van der Waals surface area contributed by atoms with E-state index in [0.717, 1.165) is 25.7 Å². The van der Waals surface area contributed by atoms with Crippen molar-refractivity contribution in [2.24, 2.45) is 23.7 Å². The number of rotatable bonds is 15. The van der Waals surface area contributed by atoms with Crippen molar-refractivity contribution in [3.8, 4) is 5.75 Å². The second kappa shape index (κ2) is 13.7. The highest BCUT2D eigenvalue weighted by Gasteiger charge is 2.77. The third kappa shape index (κ3) is 5.74. The zero-order valence-electron chi connectivity index (χ0n) is 25.4. The molecule has 230 valence electrons. The Bertz CT molecular complexity index is 1160. The van der Waals surface area contributed by atoms with Crippen LogP contribution in [-0.4, -0.2) is 76.7 Å². The Morgan fingerprint density at radius 2 is 1.93 bits per heavy atom. The highest BCUT2D eigenvalue weighted by atomic mass is 32.2. The number of esters is 1. The van der Waals surface area contributed by atoms with Crippen molar-refractivity contribution in [3.05, 3.63) is 49.6 Å². The molecule has 0 radical (unpaired) electrons. The lowest BCUT2D eigenvalue weighted by Crippen LogP contribution is -2.59. The minimum absolute atomic E-state index is 0.0110. The standard InChI is InChI=1S/C33H46N2O6S/c1-7-9-10-11-17-41-32(39)27-26-19-22(5)33(42-26)28(27)30(37)35(24(20-36)18-21(3)4)29(33)31(38)34(16-8-2)23-12-14-25(40-6)15-13-23/h7-8,12-15,21-22,24,26-29,36H,1-2,9-11,16-20H2,3-6H3/t22?,24-,26+,27-,28+,29?,33?/m1/s1. The number of carbonyl (C=O) groups is 3. The number of aliphatic hydroxyl groups is 1. The highest BCUT2D eigenvalue weighted by molar-refractivity contribution is 8.02. The van der Waals surface area contributed by atoms with Crippen molar-refractivity contribution >= 4 is 35.2 Å². The van der Waals surface area contributed by atoms with E-state index in [1.165, 1.54) is 0 Å². The summed E-state index contributed by atoms with van der Waals surface area (Å²) in [4.78, 5) is 46.2. The molecule has 3 unspecified atom stereocenters. The van der Waals surface area contributed by atoms with Crippen LogP contribution in [0.25, 0.3) is 0 Å². The van der Waals surface area contributed by atoms with Gasteiger partial charge in [-0.05, 0) is 68.2 Å². The van der Waals surface area contributed by atoms with Crippen molar-refractivity contribution < 1.29 is 29.0 Å². The van der Waals surface area contributed by atoms with Crippen molar-refractivity contribution in [2.45, 2.75) is 75.0 Å². The molecule has 2 bridgehead atoms. The first-order chi connectivity index (χ1) is 20.2. The first-order valence-corrected chi connectivity index (χ1v) is 16.0. The van der Waals surface area contributed by atoms with Crippen LogP contribution < -0.4 is 9.64 Å². The predicted molar refractivity (Wildman–Crippen MR) is 166 cm³/mol. The number of aliphatic hydroxyl groups excluding tert-OH is 1. The van der Waals surface area contributed by atoms with Crippen LogP contribution in [0.2, 0.25) is 0 Å². The van der Waals surface area contributed by atoms with E-state index in [2.05, 4.69) is 20.1 Å². The molecule has 1 N–H and O–H groups in total. The van der Waals surface area contributed by atoms with Gasteiger partial charge in [0, 0.05) is 17.5 Å². The molecule has 4 rings (SSSR count). The van der Waals surface area contributed by atoms with E-state index in [0.29, 0.717) is 24.5 Å². The maximum absolute atomic E-state index is 14.8. The fourth-order valence-electron chi connectivity index (χ4n) is 7.24. The Labute approximate surface area is 254 Å². The maximum Gasteiger partial charge on any atom is 0.310 e. The summed E-state index contributed by atoms with van der Waals surface area (Å²) >= 11 is 1.62. The molecule has 1 spiro atoms. The largest absolute Gasteiger partial charge is 0.497 e. The molecule has 3 fully saturated rings. The molecule has 0 saturated carbocycles. The fraction of sp³-hybridized carbons (Fsp3) is 0.606. The number of ether oxygens (including phenoxy) is 2. The molecular formula is C33H46N2O6S. The van der Waals surface area contributed by atoms with Crippen LogP contribution in [0, 0.1) is 23.7 Å². The number of amides is 2. The zero-order chi connectivity index (χ0) is 30.6. The number of thioether (sulfide) groups is 1. The lowest BCUT2D eigenvalue weighted by molar-refractivity contribution is -0.155. The van der Waals surface area contributed by atoms with Crippen LogP contribution in [0.3, 0.4) is 0 Å². The first-order valence-electron chi connectivity index (χ1n) is 15.1. The molecule has 7 atom stereocenters. The molecule has 3 aliphatic heterocycles. The van der Waals surface area contributed by atoms with Gasteiger partial charge in [0.1, 0.15) is 11.8 Å². The van der Waals surface area contributed by atoms with Gasteiger partial charge in [-0.25, -0.2) is 0 Å². The van der Waals surface area contributed by atoms with E-state index in [-0.39, 0.29) is 48.0 Å². The molecule has 3 aliphatic rings. The van der Waals surface area contributed by atoms with E-state index in [1.807, 2.05) is 32.1 Å². The van der Waals surface area contributed by atoms with Gasteiger partial charge in [-0.15, -0.1) is 24.9 Å². The number of carbonyl (C=O) groups excluding carboxylic acids is 3. The normalized spacial score (nSPS) is 28.5. The summed E-state index contributed by atoms with van der Waals surface area (Å²) in [6, 6.07) is 5.85. The van der Waals surface area contributed by atoms with Crippen molar-refractivity contribution in [3.63, 3.8) is 0 Å². The molecule has 42 heavy (non-hydrogen) atoms. The summed E-state index contributed by atoms with van der Waals surface area (Å²) < 4.78 is 10.3. The summed E-state index contributed by atoms with van der Waals surface area (Å²) in [5.41, 5.74) is 0.665. The van der Waals surface area contributed by atoms with Gasteiger partial charge in [0.05, 0.1) is 42.9 Å². The third-order valence-corrected chi connectivity index (χ3v) is 11.1. The summed E-state index contributed by atoms with van der Waals surface area (Å²) in [6.45, 7) is 14.1. The predicted octanol–water partition coefficient (Wildman–Crippen LogP) is 4.86. The molecule has 1 aromatic carbocycles. The van der Waals surface area contributed by atoms with Crippen LogP contribution in [0.5, 0.6) is 5.75 Å². The second-order valence-corrected chi connectivity index (χ2v) is 13.7. The monoisotopic (exact) mass is 598 g/mol. The summed E-state index contributed by atoms with van der Waals surface area (Å²) in [5.74, 6) is -1.24. The number of likely N-dealkylation sites (tertiary alicyclic amines) is 1. The quantitative estimate of drug-likeness (QED) is 0.175. The molecule has 2 amide bonds. The van der Waals surface area contributed by atoms with Gasteiger partial charge < -0.3 is 24.4 Å². The van der Waals surface area contributed by atoms with Gasteiger partial charge >= 0.3 is 5.97 Å². The van der Waals surface area contributed by atoms with E-state index in [1.54, 1.807) is 46.9 Å². The number of unbranched alkanes of at least 4 members (excludes halogenated alkanes) is 2. The average Bonchev–Trinajstić information content (AvgIpc) is 3.57. The molecule has 1 aromatic rings. The number of hydrogen-bond donors (Lipinski definition) is 1. The summed E-state index contributed by atoms with van der Waals surface area (Å²) in [6.07, 6.45) is 7.25. The summed E-state index contributed by atoms with van der Waals surface area (Å²) in [5, 5.41) is 10.5. The number of hydrogen-bond acceptors (Lipinski definition) is 7. The number of allylic oxidation sites excluding steroid dienone is 1. The molecule has 9 heteroatoms. The van der Waals surface area contributed by atoms with Gasteiger partial charge in [-0.3, -0.25) is 14.4 Å².